The van der Waals surface area contributed by atoms with Crippen molar-refractivity contribution >= 4 is 71.1 Å². The Morgan fingerprint density at radius 3 is 1.54 bits per heavy atom. The zero-order valence-electron chi connectivity index (χ0n) is 39.2. The highest BCUT2D eigenvalue weighted by molar-refractivity contribution is 5.98. The van der Waals surface area contributed by atoms with Crippen molar-refractivity contribution in [1.29, 1.82) is 0 Å². The molecule has 0 aliphatic carbocycles. The first-order chi connectivity index (χ1) is 33.4. The number of nitrogens with zero attached hydrogens (tertiary/aromatic N) is 2. The lowest BCUT2D eigenvalue weighted by Crippen LogP contribution is -2.60. The van der Waals surface area contributed by atoms with Crippen LogP contribution in [0.1, 0.15) is 57.9 Å². The molecule has 0 radical (unpaired) electrons. The summed E-state index contributed by atoms with van der Waals surface area (Å²) in [5, 5.41) is 66.8. The number of phenols is 1. The van der Waals surface area contributed by atoms with E-state index in [9.17, 15) is 73.5 Å². The molecule has 8 amide bonds. The van der Waals surface area contributed by atoms with E-state index in [1.807, 2.05) is 0 Å². The first-order valence-corrected chi connectivity index (χ1v) is 22.1. The number of guanidine groups is 2. The predicted octanol–water partition coefficient (Wildman–Crippen LogP) is -7.90. The summed E-state index contributed by atoms with van der Waals surface area (Å²) < 4.78 is 0. The smallest absolute Gasteiger partial charge is 0.326 e. The van der Waals surface area contributed by atoms with Gasteiger partial charge in [0, 0.05) is 19.5 Å². The molecule has 396 valence electrons. The highest BCUT2D eigenvalue weighted by atomic mass is 16.4. The van der Waals surface area contributed by atoms with E-state index in [1.165, 1.54) is 24.3 Å². The van der Waals surface area contributed by atoms with Crippen LogP contribution in [-0.4, -0.2) is 178 Å². The van der Waals surface area contributed by atoms with Crippen LogP contribution < -0.4 is 71.2 Å². The molecule has 0 aliphatic rings. The molecule has 0 saturated carbocycles. The zero-order chi connectivity index (χ0) is 53.8. The van der Waals surface area contributed by atoms with E-state index in [-0.39, 0.29) is 62.9 Å². The number of phenolic OH excluding ortho intramolecular Hbond substituents is 1. The van der Waals surface area contributed by atoms with Crippen molar-refractivity contribution in [2.75, 3.05) is 39.4 Å². The number of hydrogen-bond acceptors (Lipinski definition) is 16. The first-order valence-electron chi connectivity index (χ1n) is 22.1. The molecule has 0 unspecified atom stereocenters. The Morgan fingerprint density at radius 1 is 0.592 bits per heavy atom. The van der Waals surface area contributed by atoms with E-state index in [0.717, 1.165) is 0 Å². The Labute approximate surface area is 407 Å². The molecule has 0 heterocycles. The van der Waals surface area contributed by atoms with Crippen LogP contribution in [0.25, 0.3) is 0 Å². The molecule has 0 spiro atoms. The number of nitrogens with one attached hydrogen (secondary N) is 8. The summed E-state index contributed by atoms with van der Waals surface area (Å²) in [7, 11) is 0. The van der Waals surface area contributed by atoms with Crippen LogP contribution in [0.5, 0.6) is 5.75 Å². The van der Waals surface area contributed by atoms with Gasteiger partial charge in [-0.3, -0.25) is 53.1 Å². The molecule has 0 aliphatic heterocycles. The summed E-state index contributed by atoms with van der Waals surface area (Å²) in [5.41, 5.74) is 27.2. The van der Waals surface area contributed by atoms with Gasteiger partial charge in [-0.2, -0.15) is 0 Å². The van der Waals surface area contributed by atoms with E-state index in [4.69, 9.17) is 28.7 Å². The average Bonchev–Trinajstić information content (AvgIpc) is 3.31. The second kappa shape index (κ2) is 32.0. The minimum absolute atomic E-state index is 0.0643. The number of aliphatic hydroxyl groups is 2. The standard InChI is InChI=1S/C41H67N15O15/c1-3-20(2)32(38(69)50-17-30(61)52-27(18-57)36(67)53-24(39(70)71)7-5-13-48-41(45)46)56-35(66)25(14-21-8-10-22(59)11-9-21)54-37(68)28(19-58)55-34(65)26(15-31(62)63)51-29(60)16-49-33(64)23(42)6-4-12-47-40(43)44/h8-11,20,23-28,32,57-59H,3-7,12-19,42H2,1-2H3,(H,49,64)(H,50,69)(H,51,60)(H,52,61)(H,53,67)(H,54,68)(H,55,65)(H,56,66)(H,62,63)(H,70,71)(H4,43,44,47)(H4,45,46,48)/t20-,23-,24-,25-,26-,27-,28-,32-/m0/s1. The molecule has 0 fully saturated rings. The number of aromatic hydroxyl groups is 1. The van der Waals surface area contributed by atoms with Crippen molar-refractivity contribution in [1.82, 2.24) is 42.5 Å². The maximum Gasteiger partial charge on any atom is 0.326 e. The second-order valence-corrected chi connectivity index (χ2v) is 15.9. The molecule has 1 aromatic rings. The Hall–Kier alpha value is -7.86. The normalized spacial score (nSPS) is 14.1. The van der Waals surface area contributed by atoms with E-state index in [1.54, 1.807) is 13.8 Å². The molecule has 0 aromatic heterocycles. The lowest BCUT2D eigenvalue weighted by molar-refractivity contribution is -0.142. The molecule has 71 heavy (non-hydrogen) atoms. The number of carboxylic acid groups (broad SMARTS) is 2. The average molecular weight is 1010 g/mol. The Morgan fingerprint density at radius 2 is 1.04 bits per heavy atom. The molecule has 0 bridgehead atoms. The molecule has 30 heteroatoms. The van der Waals surface area contributed by atoms with Crippen molar-refractivity contribution < 1.29 is 73.5 Å². The number of benzene rings is 1. The van der Waals surface area contributed by atoms with Crippen LogP contribution in [0.3, 0.4) is 0 Å². The van der Waals surface area contributed by atoms with E-state index < -0.39 is 140 Å². The summed E-state index contributed by atoms with van der Waals surface area (Å²) in [6.45, 7) is -0.118. The van der Waals surface area contributed by atoms with Crippen LogP contribution in [-0.2, 0) is 54.4 Å². The highest BCUT2D eigenvalue weighted by Gasteiger charge is 2.34. The quantitative estimate of drug-likeness (QED) is 0.0177. The summed E-state index contributed by atoms with van der Waals surface area (Å²) in [6.07, 6.45) is -0.544. The van der Waals surface area contributed by atoms with Gasteiger partial charge in [0.05, 0.1) is 38.8 Å². The lowest BCUT2D eigenvalue weighted by Gasteiger charge is -2.28. The predicted molar refractivity (Wildman–Crippen MR) is 251 cm³/mol. The summed E-state index contributed by atoms with van der Waals surface area (Å²) in [6, 6.07) is -5.47. The van der Waals surface area contributed by atoms with Crippen LogP contribution in [0.15, 0.2) is 34.3 Å². The molecule has 1 rings (SSSR count). The van der Waals surface area contributed by atoms with Gasteiger partial charge in [-0.25, -0.2) is 4.79 Å². The first kappa shape index (κ1) is 61.2. The van der Waals surface area contributed by atoms with Crippen molar-refractivity contribution in [3.8, 4) is 5.75 Å². The molecule has 0 saturated heterocycles. The van der Waals surface area contributed by atoms with Gasteiger partial charge in [0.1, 0.15) is 42.0 Å². The van der Waals surface area contributed by atoms with Crippen LogP contribution >= 0.6 is 0 Å². The third-order valence-electron chi connectivity index (χ3n) is 10.2. The van der Waals surface area contributed by atoms with Crippen molar-refractivity contribution in [2.45, 2.75) is 101 Å². The van der Waals surface area contributed by atoms with Crippen LogP contribution in [0.2, 0.25) is 0 Å². The van der Waals surface area contributed by atoms with Gasteiger partial charge in [0.2, 0.25) is 47.3 Å². The van der Waals surface area contributed by atoms with Crippen LogP contribution in [0.4, 0.5) is 0 Å². The minimum Gasteiger partial charge on any atom is -0.508 e. The fraction of sp³-hybridized carbons (Fsp3) is 0.561. The van der Waals surface area contributed by atoms with Gasteiger partial charge >= 0.3 is 11.9 Å². The Balaban J connectivity index is 3.16. The number of aliphatic hydroxyl groups excluding tert-OH is 2. The van der Waals surface area contributed by atoms with Gasteiger partial charge in [-0.1, -0.05) is 32.4 Å². The van der Waals surface area contributed by atoms with Crippen LogP contribution in [0, 0.1) is 5.92 Å². The highest BCUT2D eigenvalue weighted by Crippen LogP contribution is 2.14. The number of aliphatic carboxylic acids is 2. The number of rotatable bonds is 33. The molecular formula is C41H67N15O15. The largest absolute Gasteiger partial charge is 0.508 e. The number of carbonyl (C=O) groups excluding carboxylic acids is 8. The van der Waals surface area contributed by atoms with Gasteiger partial charge < -0.3 is 96.7 Å². The SMILES string of the molecule is CC[C@H](C)[C@H](NC(=O)[C@H](Cc1ccc(O)cc1)NC(=O)[C@H](CO)NC(=O)[C@H](CC(=O)O)NC(=O)CNC(=O)[C@@H](N)CCCN=C(N)N)C(=O)NCC(=O)N[C@@H](CO)C(=O)N[C@@H](CCCN=C(N)N)C(=O)O. The lowest BCUT2D eigenvalue weighted by atomic mass is 9.97. The van der Waals surface area contributed by atoms with Gasteiger partial charge in [-0.05, 0) is 49.3 Å². The van der Waals surface area contributed by atoms with E-state index in [0.29, 0.717) is 12.0 Å². The van der Waals surface area contributed by atoms with E-state index in [2.05, 4.69) is 52.5 Å². The molecular weight excluding hydrogens is 943 g/mol. The van der Waals surface area contributed by atoms with Gasteiger partial charge in [0.15, 0.2) is 11.9 Å². The number of amides is 8. The molecule has 30 nitrogen and oxygen atoms in total. The summed E-state index contributed by atoms with van der Waals surface area (Å²) >= 11 is 0. The number of aliphatic imine (C=N–C) groups is 2. The van der Waals surface area contributed by atoms with Crippen molar-refractivity contribution in [3.63, 3.8) is 0 Å². The molecule has 23 N–H and O–H groups in total. The molecule has 8 atom stereocenters. The monoisotopic (exact) mass is 1010 g/mol. The van der Waals surface area contributed by atoms with E-state index >= 15 is 0 Å². The van der Waals surface area contributed by atoms with Crippen molar-refractivity contribution in [3.05, 3.63) is 29.8 Å². The third kappa shape index (κ3) is 24.3. The van der Waals surface area contributed by atoms with Gasteiger partial charge in [-0.15, -0.1) is 0 Å². The minimum atomic E-state index is -1.87. The summed E-state index contributed by atoms with van der Waals surface area (Å²) in [4.78, 5) is 136. The maximum absolute atomic E-state index is 14.0. The topological polar surface area (TPSA) is 523 Å². The Kier molecular flexibility index (Phi) is 27.6. The van der Waals surface area contributed by atoms with Crippen molar-refractivity contribution in [2.24, 2.45) is 44.6 Å². The number of carboxylic acids is 2. The fourth-order valence-corrected chi connectivity index (χ4v) is 6.10. The number of carbonyl (C=O) groups is 10. The van der Waals surface area contributed by atoms with Gasteiger partial charge in [0.25, 0.3) is 0 Å². The maximum atomic E-state index is 14.0. The second-order valence-electron chi connectivity index (χ2n) is 15.9. The fourth-order valence-electron chi connectivity index (χ4n) is 6.10. The summed E-state index contributed by atoms with van der Waals surface area (Å²) in [5.74, 6) is -12.3. The third-order valence-corrected chi connectivity index (χ3v) is 10.2. The zero-order valence-corrected chi connectivity index (χ0v) is 39.2. The number of hydrogen-bond donors (Lipinski definition) is 18. The Bertz CT molecular complexity index is 2050. The number of nitrogens with two attached hydrogens (primary N) is 5. The molecule has 1 aromatic carbocycles.